The minimum absolute atomic E-state index is 0.322. The molecule has 3 nitrogen and oxygen atoms in total. The summed E-state index contributed by atoms with van der Waals surface area (Å²) >= 11 is 0. The van der Waals surface area contributed by atoms with Crippen molar-refractivity contribution in [3.05, 3.63) is 211 Å². The third kappa shape index (κ3) is 4.66. The summed E-state index contributed by atoms with van der Waals surface area (Å²) in [6.07, 6.45) is 0. The molecule has 0 bridgehead atoms. The van der Waals surface area contributed by atoms with Gasteiger partial charge in [0.1, 0.15) is 5.82 Å². The van der Waals surface area contributed by atoms with E-state index >= 15 is 0 Å². The molecule has 0 radical (unpaired) electrons. The smallest absolute Gasteiger partial charge is 0.138 e. The molecule has 1 aliphatic carbocycles. The molecule has 3 heteroatoms. The Morgan fingerprint density at radius 2 is 0.984 bits per heavy atom. The Morgan fingerprint density at radius 1 is 0.381 bits per heavy atom. The summed E-state index contributed by atoms with van der Waals surface area (Å²) in [6.45, 7) is 4.69. The number of benzene rings is 10. The molecule has 0 atom stereocenters. The molecule has 63 heavy (non-hydrogen) atoms. The topological polar surface area (TPSA) is 22.8 Å². The molecule has 13 aromatic rings. The standard InChI is InChI=1S/C60H39N3/c1-60(2)50-26-14-12-25-46(50)57-47(38-28-30-52-48(33-38)43-23-13-15-27-51(43)62(52)39-18-4-3-5-19-39)35-55(61-59(57)60)63-53-31-29-45-42-22-9-8-20-40(42)41-21-10-11-24-44(41)56(45)58(53)49-32-36-16-6-7-17-37(36)34-54(49)63/h3-35H,1-2H3. The lowest BCUT2D eigenvalue weighted by Crippen LogP contribution is -2.18. The lowest BCUT2D eigenvalue weighted by atomic mass is 9.85. The zero-order chi connectivity index (χ0) is 41.6. The van der Waals surface area contributed by atoms with E-state index in [0.717, 1.165) is 28.2 Å². The van der Waals surface area contributed by atoms with Crippen molar-refractivity contribution in [3.63, 3.8) is 0 Å². The SMILES string of the molecule is CC1(C)c2ccccc2-c2c(-c3ccc4c(c3)c3ccccc3n4-c3ccccc3)cc(-n3c4cc5ccccc5cc4c4c5c6ccccc6c6ccccc6c5ccc43)nc21. The molecule has 0 amide bonds. The van der Waals surface area contributed by atoms with E-state index < -0.39 is 0 Å². The zero-order valence-corrected chi connectivity index (χ0v) is 34.9. The van der Waals surface area contributed by atoms with E-state index in [1.54, 1.807) is 0 Å². The molecule has 294 valence electrons. The molecule has 0 aliphatic heterocycles. The second-order valence-electron chi connectivity index (χ2n) is 17.9. The van der Waals surface area contributed by atoms with E-state index in [4.69, 9.17) is 4.98 Å². The fourth-order valence-electron chi connectivity index (χ4n) is 11.4. The number of hydrogen-bond acceptors (Lipinski definition) is 1. The lowest BCUT2D eigenvalue weighted by molar-refractivity contribution is 0.635. The summed E-state index contributed by atoms with van der Waals surface area (Å²) in [5, 5.41) is 15.1. The largest absolute Gasteiger partial charge is 0.309 e. The highest BCUT2D eigenvalue weighted by atomic mass is 15.1. The van der Waals surface area contributed by atoms with Gasteiger partial charge < -0.3 is 4.57 Å². The van der Waals surface area contributed by atoms with Crippen molar-refractivity contribution in [2.45, 2.75) is 19.3 Å². The Morgan fingerprint density at radius 3 is 1.78 bits per heavy atom. The average Bonchev–Trinajstić information content (AvgIpc) is 3.93. The van der Waals surface area contributed by atoms with Crippen LogP contribution in [0.1, 0.15) is 25.1 Å². The van der Waals surface area contributed by atoms with Crippen LogP contribution in [0.3, 0.4) is 0 Å². The number of hydrogen-bond donors (Lipinski definition) is 0. The van der Waals surface area contributed by atoms with Crippen molar-refractivity contribution >= 4 is 86.7 Å². The highest BCUT2D eigenvalue weighted by Crippen LogP contribution is 2.53. The first kappa shape index (κ1) is 34.7. The van der Waals surface area contributed by atoms with Gasteiger partial charge in [0.2, 0.25) is 0 Å². The van der Waals surface area contributed by atoms with E-state index in [0.29, 0.717) is 0 Å². The first-order valence-corrected chi connectivity index (χ1v) is 22.0. The van der Waals surface area contributed by atoms with Crippen molar-refractivity contribution in [1.82, 2.24) is 14.1 Å². The second kappa shape index (κ2) is 12.5. The maximum Gasteiger partial charge on any atom is 0.138 e. The predicted molar refractivity (Wildman–Crippen MR) is 266 cm³/mol. The summed E-state index contributed by atoms with van der Waals surface area (Å²) in [5.41, 5.74) is 12.8. The van der Waals surface area contributed by atoms with Crippen LogP contribution in [0.15, 0.2) is 200 Å². The Bertz CT molecular complexity index is 4070. The van der Waals surface area contributed by atoms with Crippen LogP contribution in [0.4, 0.5) is 0 Å². The number of para-hydroxylation sites is 2. The number of pyridine rings is 1. The maximum absolute atomic E-state index is 5.84. The molecule has 1 aliphatic rings. The third-order valence-corrected chi connectivity index (χ3v) is 14.2. The van der Waals surface area contributed by atoms with Gasteiger partial charge >= 0.3 is 0 Å². The van der Waals surface area contributed by atoms with Crippen LogP contribution in [0.5, 0.6) is 0 Å². The Balaban J connectivity index is 1.13. The molecule has 0 N–H and O–H groups in total. The fraction of sp³-hybridized carbons (Fsp3) is 0.0500. The van der Waals surface area contributed by atoms with Crippen molar-refractivity contribution in [3.8, 4) is 33.8 Å². The minimum Gasteiger partial charge on any atom is -0.309 e. The van der Waals surface area contributed by atoms with Crippen molar-refractivity contribution in [2.75, 3.05) is 0 Å². The summed E-state index contributed by atoms with van der Waals surface area (Å²) in [4.78, 5) is 5.84. The van der Waals surface area contributed by atoms with Gasteiger partial charge in [0, 0.05) is 43.6 Å². The number of fused-ring (bicyclic) bond motifs is 17. The molecule has 0 spiro atoms. The maximum atomic E-state index is 5.84. The summed E-state index contributed by atoms with van der Waals surface area (Å²) < 4.78 is 4.86. The zero-order valence-electron chi connectivity index (χ0n) is 34.9. The molecule has 14 rings (SSSR count). The number of aromatic nitrogens is 3. The van der Waals surface area contributed by atoms with Crippen LogP contribution in [-0.2, 0) is 5.41 Å². The summed E-state index contributed by atoms with van der Waals surface area (Å²) in [7, 11) is 0. The van der Waals surface area contributed by atoms with Gasteiger partial charge in [0.05, 0.1) is 27.8 Å². The average molecular weight is 802 g/mol. The normalized spacial score (nSPS) is 13.4. The highest BCUT2D eigenvalue weighted by Gasteiger charge is 2.39. The minimum atomic E-state index is -0.322. The third-order valence-electron chi connectivity index (χ3n) is 14.2. The molecule has 3 heterocycles. The lowest BCUT2D eigenvalue weighted by Gasteiger charge is -2.22. The molecule has 0 saturated heterocycles. The van der Waals surface area contributed by atoms with Crippen LogP contribution in [0.25, 0.3) is 120 Å². The van der Waals surface area contributed by atoms with Crippen LogP contribution >= 0.6 is 0 Å². The van der Waals surface area contributed by atoms with Gasteiger partial charge in [-0.25, -0.2) is 4.98 Å². The Labute approximate surface area is 363 Å². The number of rotatable bonds is 3. The van der Waals surface area contributed by atoms with Gasteiger partial charge in [-0.3, -0.25) is 4.57 Å². The van der Waals surface area contributed by atoms with Crippen LogP contribution in [-0.4, -0.2) is 14.1 Å². The van der Waals surface area contributed by atoms with E-state index in [9.17, 15) is 0 Å². The molecule has 3 aromatic heterocycles. The first-order valence-electron chi connectivity index (χ1n) is 22.0. The van der Waals surface area contributed by atoms with Crippen molar-refractivity contribution < 1.29 is 0 Å². The van der Waals surface area contributed by atoms with Gasteiger partial charge in [-0.1, -0.05) is 159 Å². The highest BCUT2D eigenvalue weighted by molar-refractivity contribution is 6.35. The van der Waals surface area contributed by atoms with E-state index in [1.165, 1.54) is 103 Å². The van der Waals surface area contributed by atoms with Gasteiger partial charge in [-0.15, -0.1) is 0 Å². The van der Waals surface area contributed by atoms with Gasteiger partial charge in [0.25, 0.3) is 0 Å². The van der Waals surface area contributed by atoms with Gasteiger partial charge in [0.15, 0.2) is 0 Å². The Hall–Kier alpha value is -8.01. The monoisotopic (exact) mass is 801 g/mol. The number of nitrogens with zero attached hydrogens (tertiary/aromatic N) is 3. The quantitative estimate of drug-likeness (QED) is 0.163. The fourth-order valence-corrected chi connectivity index (χ4v) is 11.4. The molecule has 0 saturated carbocycles. The van der Waals surface area contributed by atoms with Crippen molar-refractivity contribution in [1.29, 1.82) is 0 Å². The van der Waals surface area contributed by atoms with Crippen LogP contribution < -0.4 is 0 Å². The molecular weight excluding hydrogens is 763 g/mol. The summed E-state index contributed by atoms with van der Waals surface area (Å²) in [6, 6.07) is 74.1. The Kier molecular flexibility index (Phi) is 6.90. The van der Waals surface area contributed by atoms with Gasteiger partial charge in [-0.05, 0) is 115 Å². The molecular formula is C60H39N3. The van der Waals surface area contributed by atoms with Crippen molar-refractivity contribution in [2.24, 2.45) is 0 Å². The van der Waals surface area contributed by atoms with E-state index in [2.05, 4.69) is 223 Å². The van der Waals surface area contributed by atoms with E-state index in [1.807, 2.05) is 0 Å². The second-order valence-corrected chi connectivity index (χ2v) is 17.9. The van der Waals surface area contributed by atoms with Crippen LogP contribution in [0, 0.1) is 0 Å². The van der Waals surface area contributed by atoms with Crippen LogP contribution in [0.2, 0.25) is 0 Å². The summed E-state index contributed by atoms with van der Waals surface area (Å²) in [5.74, 6) is 0.927. The van der Waals surface area contributed by atoms with E-state index in [-0.39, 0.29) is 5.41 Å². The predicted octanol–water partition coefficient (Wildman–Crippen LogP) is 15.9. The van der Waals surface area contributed by atoms with Gasteiger partial charge in [-0.2, -0.15) is 0 Å². The molecule has 10 aromatic carbocycles. The molecule has 0 fully saturated rings. The first-order chi connectivity index (χ1) is 31.0. The molecule has 0 unspecified atom stereocenters.